The van der Waals surface area contributed by atoms with Gasteiger partial charge in [-0.3, -0.25) is 0 Å². The molecular weight excluding hydrogens is 254 g/mol. The molecule has 3 rings (SSSR count). The third-order valence-electron chi connectivity index (χ3n) is 4.78. The summed E-state index contributed by atoms with van der Waals surface area (Å²) >= 11 is 1.87. The van der Waals surface area contributed by atoms with E-state index < -0.39 is 0 Å². The average Bonchev–Trinajstić information content (AvgIpc) is 2.83. The molecule has 1 unspecified atom stereocenters. The standard InChI is InChI=1S/C16H25NOS/c1-13-6-10-19-15(13)12-17-14-5-9-18-16(11-14)7-3-2-4-8-16/h6,10,14,17H,2-5,7-9,11-12H2,1H3. The smallest absolute Gasteiger partial charge is 0.0697 e. The third-order valence-corrected chi connectivity index (χ3v) is 5.80. The number of rotatable bonds is 3. The quantitative estimate of drug-likeness (QED) is 0.902. The highest BCUT2D eigenvalue weighted by atomic mass is 32.1. The molecule has 1 aliphatic carbocycles. The lowest BCUT2D eigenvalue weighted by Gasteiger charge is -2.43. The number of aryl methyl sites for hydroxylation is 1. The van der Waals surface area contributed by atoms with Crippen LogP contribution in [0, 0.1) is 6.92 Å². The van der Waals surface area contributed by atoms with Gasteiger partial charge in [0.05, 0.1) is 5.60 Å². The Balaban J connectivity index is 1.55. The molecule has 2 fully saturated rings. The highest BCUT2D eigenvalue weighted by Crippen LogP contribution is 2.38. The Morgan fingerprint density at radius 3 is 2.95 bits per heavy atom. The predicted molar refractivity (Wildman–Crippen MR) is 80.7 cm³/mol. The average molecular weight is 279 g/mol. The molecule has 1 N–H and O–H groups in total. The summed E-state index contributed by atoms with van der Waals surface area (Å²) in [6, 6.07) is 2.86. The van der Waals surface area contributed by atoms with Gasteiger partial charge in [0.1, 0.15) is 0 Å². The van der Waals surface area contributed by atoms with E-state index in [9.17, 15) is 0 Å². The Morgan fingerprint density at radius 1 is 1.37 bits per heavy atom. The zero-order valence-corrected chi connectivity index (χ0v) is 12.7. The topological polar surface area (TPSA) is 21.3 Å². The minimum Gasteiger partial charge on any atom is -0.375 e. The molecule has 0 amide bonds. The van der Waals surface area contributed by atoms with Crippen molar-refractivity contribution in [1.29, 1.82) is 0 Å². The fourth-order valence-electron chi connectivity index (χ4n) is 3.57. The number of nitrogens with one attached hydrogen (secondary N) is 1. The molecule has 0 radical (unpaired) electrons. The zero-order valence-electron chi connectivity index (χ0n) is 11.9. The van der Waals surface area contributed by atoms with Crippen molar-refractivity contribution in [3.05, 3.63) is 21.9 Å². The maximum absolute atomic E-state index is 6.16. The monoisotopic (exact) mass is 279 g/mol. The van der Waals surface area contributed by atoms with E-state index in [1.807, 2.05) is 11.3 Å². The summed E-state index contributed by atoms with van der Waals surface area (Å²) in [4.78, 5) is 1.49. The van der Waals surface area contributed by atoms with Gasteiger partial charge in [0.25, 0.3) is 0 Å². The van der Waals surface area contributed by atoms with Gasteiger partial charge in [-0.25, -0.2) is 0 Å². The Bertz CT molecular complexity index is 403. The van der Waals surface area contributed by atoms with Crippen LogP contribution in [0.4, 0.5) is 0 Å². The van der Waals surface area contributed by atoms with Crippen molar-refractivity contribution in [1.82, 2.24) is 5.32 Å². The molecule has 0 aromatic carbocycles. The summed E-state index contributed by atoms with van der Waals surface area (Å²) in [7, 11) is 0. The van der Waals surface area contributed by atoms with Crippen LogP contribution in [0.1, 0.15) is 55.4 Å². The van der Waals surface area contributed by atoms with Gasteiger partial charge in [-0.1, -0.05) is 19.3 Å². The van der Waals surface area contributed by atoms with Gasteiger partial charge in [0, 0.05) is 24.1 Å². The minimum absolute atomic E-state index is 0.221. The van der Waals surface area contributed by atoms with Crippen LogP contribution in [0.15, 0.2) is 11.4 Å². The van der Waals surface area contributed by atoms with Crippen molar-refractivity contribution < 1.29 is 4.74 Å². The summed E-state index contributed by atoms with van der Waals surface area (Å²) in [5, 5.41) is 5.96. The maximum atomic E-state index is 6.16. The summed E-state index contributed by atoms with van der Waals surface area (Å²) in [6.07, 6.45) is 9.07. The van der Waals surface area contributed by atoms with Crippen LogP contribution >= 0.6 is 11.3 Å². The number of ether oxygens (including phenoxy) is 1. The molecule has 1 aliphatic heterocycles. The lowest BCUT2D eigenvalue weighted by Crippen LogP contribution is -2.47. The molecular formula is C16H25NOS. The molecule has 2 aliphatic rings. The first-order chi connectivity index (χ1) is 9.27. The lowest BCUT2D eigenvalue weighted by atomic mass is 9.78. The van der Waals surface area contributed by atoms with E-state index in [0.717, 1.165) is 13.2 Å². The molecule has 2 nitrogen and oxygen atoms in total. The molecule has 19 heavy (non-hydrogen) atoms. The molecule has 106 valence electrons. The minimum atomic E-state index is 0.221. The van der Waals surface area contributed by atoms with Gasteiger partial charge >= 0.3 is 0 Å². The van der Waals surface area contributed by atoms with Crippen molar-refractivity contribution in [2.75, 3.05) is 6.61 Å². The molecule has 1 aromatic heterocycles. The van der Waals surface area contributed by atoms with Crippen molar-refractivity contribution >= 4 is 11.3 Å². The highest BCUT2D eigenvalue weighted by Gasteiger charge is 2.38. The van der Waals surface area contributed by atoms with Crippen molar-refractivity contribution in [3.8, 4) is 0 Å². The molecule has 3 heteroatoms. The predicted octanol–water partition coefficient (Wildman–Crippen LogP) is 4.03. The Hall–Kier alpha value is -0.380. The van der Waals surface area contributed by atoms with Gasteiger partial charge in [-0.15, -0.1) is 11.3 Å². The second kappa shape index (κ2) is 5.94. The Labute approximate surface area is 120 Å². The lowest BCUT2D eigenvalue weighted by molar-refractivity contribution is -0.109. The van der Waals surface area contributed by atoms with Gasteiger partial charge < -0.3 is 10.1 Å². The second-order valence-corrected chi connectivity index (χ2v) is 7.19. The summed E-state index contributed by atoms with van der Waals surface area (Å²) < 4.78 is 6.16. The molecule has 1 saturated heterocycles. The molecule has 0 bridgehead atoms. The maximum Gasteiger partial charge on any atom is 0.0697 e. The van der Waals surface area contributed by atoms with Crippen LogP contribution in [0.3, 0.4) is 0 Å². The molecule has 1 saturated carbocycles. The first kappa shape index (κ1) is 13.6. The molecule has 1 spiro atoms. The van der Waals surface area contributed by atoms with E-state index in [1.165, 1.54) is 55.4 Å². The van der Waals surface area contributed by atoms with Gasteiger partial charge in [-0.05, 0) is 49.6 Å². The van der Waals surface area contributed by atoms with Crippen LogP contribution < -0.4 is 5.32 Å². The SMILES string of the molecule is Cc1ccsc1CNC1CCOC2(CCCCC2)C1. The molecule has 2 heterocycles. The fraction of sp³-hybridized carbons (Fsp3) is 0.750. The van der Waals surface area contributed by atoms with E-state index in [4.69, 9.17) is 4.74 Å². The molecule has 1 atom stereocenters. The van der Waals surface area contributed by atoms with Crippen LogP contribution in [-0.2, 0) is 11.3 Å². The van der Waals surface area contributed by atoms with E-state index in [-0.39, 0.29) is 5.60 Å². The van der Waals surface area contributed by atoms with Crippen LogP contribution in [-0.4, -0.2) is 18.2 Å². The fourth-order valence-corrected chi connectivity index (χ4v) is 4.43. The number of thiophene rings is 1. The van der Waals surface area contributed by atoms with Crippen LogP contribution in [0.25, 0.3) is 0 Å². The Kier molecular flexibility index (Phi) is 4.25. The molecule has 1 aromatic rings. The first-order valence-electron chi connectivity index (χ1n) is 7.68. The van der Waals surface area contributed by atoms with Crippen molar-refractivity contribution in [2.24, 2.45) is 0 Å². The largest absolute Gasteiger partial charge is 0.375 e. The van der Waals surface area contributed by atoms with Crippen LogP contribution in [0.5, 0.6) is 0 Å². The number of hydrogen-bond donors (Lipinski definition) is 1. The van der Waals surface area contributed by atoms with Crippen LogP contribution in [0.2, 0.25) is 0 Å². The first-order valence-corrected chi connectivity index (χ1v) is 8.56. The van der Waals surface area contributed by atoms with Gasteiger partial charge in [-0.2, -0.15) is 0 Å². The van der Waals surface area contributed by atoms with Gasteiger partial charge in [0.2, 0.25) is 0 Å². The van der Waals surface area contributed by atoms with E-state index in [0.29, 0.717) is 6.04 Å². The second-order valence-electron chi connectivity index (χ2n) is 6.19. The normalized spacial score (nSPS) is 26.7. The van der Waals surface area contributed by atoms with E-state index in [1.54, 1.807) is 0 Å². The summed E-state index contributed by atoms with van der Waals surface area (Å²) in [6.45, 7) is 4.19. The zero-order chi connectivity index (χ0) is 13.1. The van der Waals surface area contributed by atoms with E-state index >= 15 is 0 Å². The third kappa shape index (κ3) is 3.21. The Morgan fingerprint density at radius 2 is 2.21 bits per heavy atom. The van der Waals surface area contributed by atoms with Gasteiger partial charge in [0.15, 0.2) is 0 Å². The van der Waals surface area contributed by atoms with Crippen molar-refractivity contribution in [2.45, 2.75) is 70.1 Å². The van der Waals surface area contributed by atoms with E-state index in [2.05, 4.69) is 23.7 Å². The number of hydrogen-bond acceptors (Lipinski definition) is 3. The van der Waals surface area contributed by atoms with Crippen molar-refractivity contribution in [3.63, 3.8) is 0 Å². The highest BCUT2D eigenvalue weighted by molar-refractivity contribution is 7.10. The summed E-state index contributed by atoms with van der Waals surface area (Å²) in [5.41, 5.74) is 1.65. The summed E-state index contributed by atoms with van der Waals surface area (Å²) in [5.74, 6) is 0.